The minimum atomic E-state index is 0.319. The molecular formula is C14H19N3O. The largest absolute Gasteiger partial charge is 0.508 e. The first-order chi connectivity index (χ1) is 8.58. The Labute approximate surface area is 107 Å². The second-order valence-electron chi connectivity index (χ2n) is 4.74. The molecule has 0 aliphatic carbocycles. The maximum absolute atomic E-state index is 9.71. The van der Waals surface area contributed by atoms with E-state index in [-0.39, 0.29) is 0 Å². The zero-order valence-corrected chi connectivity index (χ0v) is 11.0. The normalized spacial score (nSPS) is 10.9. The number of hydrogen-bond acceptors (Lipinski definition) is 3. The zero-order chi connectivity index (χ0) is 13.1. The summed E-state index contributed by atoms with van der Waals surface area (Å²) in [6.07, 6.45) is 1.97. The van der Waals surface area contributed by atoms with Gasteiger partial charge in [-0.1, -0.05) is 32.0 Å². The highest BCUT2D eigenvalue weighted by atomic mass is 16.3. The van der Waals surface area contributed by atoms with E-state index >= 15 is 0 Å². The fourth-order valence-corrected chi connectivity index (χ4v) is 1.92. The van der Waals surface area contributed by atoms with Gasteiger partial charge in [0.15, 0.2) is 0 Å². The predicted octanol–water partition coefficient (Wildman–Crippen LogP) is 2.86. The van der Waals surface area contributed by atoms with Crippen molar-refractivity contribution in [2.24, 2.45) is 7.05 Å². The van der Waals surface area contributed by atoms with Gasteiger partial charge in [-0.2, -0.15) is 5.10 Å². The molecule has 0 aliphatic heterocycles. The Bertz CT molecular complexity index is 532. The van der Waals surface area contributed by atoms with Gasteiger partial charge >= 0.3 is 0 Å². The molecule has 2 aromatic rings. The van der Waals surface area contributed by atoms with Crippen molar-refractivity contribution in [3.05, 3.63) is 41.7 Å². The molecule has 0 radical (unpaired) electrons. The van der Waals surface area contributed by atoms with Crippen LogP contribution in [0.1, 0.15) is 31.0 Å². The van der Waals surface area contributed by atoms with E-state index in [0.717, 1.165) is 16.9 Å². The molecule has 0 atom stereocenters. The van der Waals surface area contributed by atoms with Crippen LogP contribution in [-0.4, -0.2) is 14.9 Å². The Morgan fingerprint density at radius 1 is 1.33 bits per heavy atom. The van der Waals surface area contributed by atoms with E-state index in [4.69, 9.17) is 0 Å². The lowest BCUT2D eigenvalue weighted by Gasteiger charge is -2.09. The van der Waals surface area contributed by atoms with Crippen LogP contribution in [0.25, 0.3) is 0 Å². The SMILES string of the molecule is CC(C)c1nn(C)cc1NCc1ccccc1O. The summed E-state index contributed by atoms with van der Waals surface area (Å²) in [7, 11) is 1.91. The molecule has 0 fully saturated rings. The van der Waals surface area contributed by atoms with Gasteiger partial charge in [0.2, 0.25) is 0 Å². The monoisotopic (exact) mass is 245 g/mol. The van der Waals surface area contributed by atoms with Crippen molar-refractivity contribution in [1.29, 1.82) is 0 Å². The number of benzene rings is 1. The van der Waals surface area contributed by atoms with Gasteiger partial charge in [-0.25, -0.2) is 0 Å². The Hall–Kier alpha value is -1.97. The molecule has 0 saturated heterocycles. The molecule has 0 aliphatic rings. The van der Waals surface area contributed by atoms with Gasteiger partial charge in [0, 0.05) is 25.4 Å². The lowest BCUT2D eigenvalue weighted by Crippen LogP contribution is -2.02. The molecule has 1 heterocycles. The highest BCUT2D eigenvalue weighted by Gasteiger charge is 2.11. The van der Waals surface area contributed by atoms with Crippen molar-refractivity contribution in [3.63, 3.8) is 0 Å². The minimum Gasteiger partial charge on any atom is -0.508 e. The number of phenols is 1. The summed E-state index contributed by atoms with van der Waals surface area (Å²) < 4.78 is 1.81. The van der Waals surface area contributed by atoms with Gasteiger partial charge in [-0.05, 0) is 12.0 Å². The predicted molar refractivity (Wildman–Crippen MR) is 72.7 cm³/mol. The summed E-state index contributed by atoms with van der Waals surface area (Å²) in [4.78, 5) is 0. The van der Waals surface area contributed by atoms with Crippen molar-refractivity contribution in [2.75, 3.05) is 5.32 Å². The number of nitrogens with one attached hydrogen (secondary N) is 1. The van der Waals surface area contributed by atoms with Crippen LogP contribution in [0, 0.1) is 0 Å². The molecule has 1 aromatic carbocycles. The van der Waals surface area contributed by atoms with E-state index in [1.807, 2.05) is 36.1 Å². The number of para-hydroxylation sites is 1. The van der Waals surface area contributed by atoms with E-state index in [2.05, 4.69) is 24.3 Å². The molecule has 1 aromatic heterocycles. The highest BCUT2D eigenvalue weighted by Crippen LogP contribution is 2.24. The molecule has 18 heavy (non-hydrogen) atoms. The number of rotatable bonds is 4. The average Bonchev–Trinajstić information content (AvgIpc) is 2.70. The first-order valence-electron chi connectivity index (χ1n) is 6.12. The van der Waals surface area contributed by atoms with Gasteiger partial charge in [-0.15, -0.1) is 0 Å². The van der Waals surface area contributed by atoms with Gasteiger partial charge in [0.25, 0.3) is 0 Å². The van der Waals surface area contributed by atoms with E-state index in [1.54, 1.807) is 6.07 Å². The molecule has 0 bridgehead atoms. The molecule has 0 spiro atoms. The van der Waals surface area contributed by atoms with Crippen LogP contribution in [0.4, 0.5) is 5.69 Å². The van der Waals surface area contributed by atoms with Gasteiger partial charge in [-0.3, -0.25) is 4.68 Å². The Balaban J connectivity index is 2.13. The average molecular weight is 245 g/mol. The molecule has 4 nitrogen and oxygen atoms in total. The minimum absolute atomic E-state index is 0.319. The topological polar surface area (TPSA) is 50.1 Å². The summed E-state index contributed by atoms with van der Waals surface area (Å²) in [6, 6.07) is 7.35. The second-order valence-corrected chi connectivity index (χ2v) is 4.74. The fourth-order valence-electron chi connectivity index (χ4n) is 1.92. The quantitative estimate of drug-likeness (QED) is 0.870. The lowest BCUT2D eigenvalue weighted by atomic mass is 10.1. The molecule has 2 N–H and O–H groups in total. The lowest BCUT2D eigenvalue weighted by molar-refractivity contribution is 0.469. The summed E-state index contributed by atoms with van der Waals surface area (Å²) in [5.74, 6) is 0.693. The van der Waals surface area contributed by atoms with Crippen LogP contribution in [0.15, 0.2) is 30.5 Å². The van der Waals surface area contributed by atoms with Gasteiger partial charge < -0.3 is 10.4 Å². The van der Waals surface area contributed by atoms with Crippen LogP contribution in [-0.2, 0) is 13.6 Å². The number of aryl methyl sites for hydroxylation is 1. The van der Waals surface area contributed by atoms with Gasteiger partial charge in [0.1, 0.15) is 5.75 Å². The smallest absolute Gasteiger partial charge is 0.120 e. The van der Waals surface area contributed by atoms with E-state index in [0.29, 0.717) is 18.2 Å². The fraction of sp³-hybridized carbons (Fsp3) is 0.357. The summed E-state index contributed by atoms with van der Waals surface area (Å²) in [5, 5.41) is 17.5. The molecule has 2 rings (SSSR count). The highest BCUT2D eigenvalue weighted by molar-refractivity contribution is 5.49. The van der Waals surface area contributed by atoms with E-state index in [1.165, 1.54) is 0 Å². The summed E-state index contributed by atoms with van der Waals surface area (Å²) >= 11 is 0. The Morgan fingerprint density at radius 3 is 2.72 bits per heavy atom. The number of phenolic OH excluding ortho intramolecular Hbond substituents is 1. The second kappa shape index (κ2) is 5.12. The van der Waals surface area contributed by atoms with E-state index in [9.17, 15) is 5.11 Å². The summed E-state index contributed by atoms with van der Waals surface area (Å²) in [5.41, 5.74) is 2.96. The molecule has 0 saturated carbocycles. The van der Waals surface area contributed by atoms with Crippen molar-refractivity contribution < 1.29 is 5.11 Å². The van der Waals surface area contributed by atoms with Crippen molar-refractivity contribution in [2.45, 2.75) is 26.3 Å². The van der Waals surface area contributed by atoms with Crippen LogP contribution in [0.3, 0.4) is 0 Å². The maximum Gasteiger partial charge on any atom is 0.120 e. The molecule has 0 amide bonds. The first-order valence-corrected chi connectivity index (χ1v) is 6.12. The molecule has 0 unspecified atom stereocenters. The standard InChI is InChI=1S/C14H19N3O/c1-10(2)14-12(9-17(3)16-14)15-8-11-6-4-5-7-13(11)18/h4-7,9-10,15,18H,8H2,1-3H3. The number of anilines is 1. The third kappa shape index (κ3) is 2.64. The van der Waals surface area contributed by atoms with Crippen LogP contribution in [0.2, 0.25) is 0 Å². The number of aromatic hydroxyl groups is 1. The molecule has 96 valence electrons. The van der Waals surface area contributed by atoms with Crippen molar-refractivity contribution >= 4 is 5.69 Å². The van der Waals surface area contributed by atoms with Crippen LogP contribution in [0.5, 0.6) is 5.75 Å². The van der Waals surface area contributed by atoms with Gasteiger partial charge in [0.05, 0.1) is 11.4 Å². The maximum atomic E-state index is 9.71. The van der Waals surface area contributed by atoms with E-state index < -0.39 is 0 Å². The number of nitrogens with zero attached hydrogens (tertiary/aromatic N) is 2. The van der Waals surface area contributed by atoms with Crippen molar-refractivity contribution in [3.8, 4) is 5.75 Å². The zero-order valence-electron chi connectivity index (χ0n) is 11.0. The number of hydrogen-bond donors (Lipinski definition) is 2. The summed E-state index contributed by atoms with van der Waals surface area (Å²) in [6.45, 7) is 4.83. The third-order valence-electron chi connectivity index (χ3n) is 2.87. The first kappa shape index (κ1) is 12.5. The van der Waals surface area contributed by atoms with Crippen LogP contribution < -0.4 is 5.32 Å². The molecular weight excluding hydrogens is 226 g/mol. The van der Waals surface area contributed by atoms with Crippen molar-refractivity contribution in [1.82, 2.24) is 9.78 Å². The Morgan fingerprint density at radius 2 is 2.06 bits per heavy atom. The Kier molecular flexibility index (Phi) is 3.55. The molecule has 4 heteroatoms. The van der Waals surface area contributed by atoms with Crippen LogP contribution >= 0.6 is 0 Å². The number of aromatic nitrogens is 2. The third-order valence-corrected chi connectivity index (χ3v) is 2.87.